The Bertz CT molecular complexity index is 1090. The zero-order valence-electron chi connectivity index (χ0n) is 16.7. The normalized spacial score (nSPS) is 13.7. The van der Waals surface area contributed by atoms with E-state index in [0.29, 0.717) is 41.6 Å². The van der Waals surface area contributed by atoms with E-state index >= 15 is 0 Å². The van der Waals surface area contributed by atoms with Crippen molar-refractivity contribution in [2.75, 3.05) is 26.1 Å². The van der Waals surface area contributed by atoms with Crippen molar-refractivity contribution in [3.8, 4) is 11.5 Å². The maximum Gasteiger partial charge on any atom is 0.262 e. The highest BCUT2D eigenvalue weighted by Crippen LogP contribution is 2.25. The zero-order valence-corrected chi connectivity index (χ0v) is 17.5. The highest BCUT2D eigenvalue weighted by molar-refractivity contribution is 7.90. The number of rotatable bonds is 7. The van der Waals surface area contributed by atoms with Crippen LogP contribution in [0.15, 0.2) is 58.4 Å². The summed E-state index contributed by atoms with van der Waals surface area (Å²) >= 11 is 0. The lowest BCUT2D eigenvalue weighted by atomic mass is 10.1. The molecule has 1 aliphatic heterocycles. The number of aliphatic imine (C=N–C) groups is 1. The lowest BCUT2D eigenvalue weighted by Crippen LogP contribution is -2.29. The first-order chi connectivity index (χ1) is 14.4. The molecular formula is C21H23N3O5S. The predicted octanol–water partition coefficient (Wildman–Crippen LogP) is 2.83. The number of ether oxygens (including phenoxy) is 2. The van der Waals surface area contributed by atoms with E-state index in [-0.39, 0.29) is 4.90 Å². The first-order valence-electron chi connectivity index (χ1n) is 9.28. The first-order valence-corrected chi connectivity index (χ1v) is 10.8. The number of nitrogens with one attached hydrogen (secondary N) is 2. The SMILES string of the molecule is COc1ccc(/C=C/C(=O)Nc2cccc(S(=O)(=O)NC3=NCCC3)c2)c(OC)c1. The van der Waals surface area contributed by atoms with Crippen LogP contribution in [0, 0.1) is 0 Å². The van der Waals surface area contributed by atoms with E-state index in [4.69, 9.17) is 9.47 Å². The first kappa shape index (κ1) is 21.4. The Labute approximate surface area is 175 Å². The lowest BCUT2D eigenvalue weighted by molar-refractivity contribution is -0.111. The zero-order chi connectivity index (χ0) is 21.6. The summed E-state index contributed by atoms with van der Waals surface area (Å²) in [5.41, 5.74) is 1.06. The third kappa shape index (κ3) is 5.38. The number of amides is 1. The van der Waals surface area contributed by atoms with E-state index in [1.165, 1.54) is 25.3 Å². The van der Waals surface area contributed by atoms with Crippen molar-refractivity contribution in [2.24, 2.45) is 4.99 Å². The molecule has 3 rings (SSSR count). The Morgan fingerprint density at radius 2 is 1.97 bits per heavy atom. The summed E-state index contributed by atoms with van der Waals surface area (Å²) in [6.45, 7) is 0.624. The molecule has 0 bridgehead atoms. The molecule has 8 nitrogen and oxygen atoms in total. The molecule has 0 saturated heterocycles. The second-order valence-electron chi connectivity index (χ2n) is 6.50. The summed E-state index contributed by atoms with van der Waals surface area (Å²) in [6, 6.07) is 11.3. The number of benzene rings is 2. The molecule has 0 atom stereocenters. The van der Waals surface area contributed by atoms with Gasteiger partial charge in [0, 0.05) is 36.4 Å². The molecule has 2 aromatic carbocycles. The van der Waals surface area contributed by atoms with Crippen LogP contribution in [0.5, 0.6) is 11.5 Å². The van der Waals surface area contributed by atoms with Gasteiger partial charge in [-0.3, -0.25) is 14.5 Å². The number of methoxy groups -OCH3 is 2. The largest absolute Gasteiger partial charge is 0.497 e. The molecule has 0 unspecified atom stereocenters. The fraction of sp³-hybridized carbons (Fsp3) is 0.238. The Morgan fingerprint density at radius 3 is 2.67 bits per heavy atom. The summed E-state index contributed by atoms with van der Waals surface area (Å²) in [5.74, 6) is 1.26. The van der Waals surface area contributed by atoms with Gasteiger partial charge in [0.05, 0.1) is 19.1 Å². The number of anilines is 1. The van der Waals surface area contributed by atoms with Crippen molar-refractivity contribution in [3.63, 3.8) is 0 Å². The van der Waals surface area contributed by atoms with Crippen molar-refractivity contribution in [1.29, 1.82) is 0 Å². The van der Waals surface area contributed by atoms with E-state index in [1.807, 2.05) is 0 Å². The molecule has 0 radical (unpaired) electrons. The minimum Gasteiger partial charge on any atom is -0.497 e. The molecule has 1 amide bonds. The second kappa shape index (κ2) is 9.45. The van der Waals surface area contributed by atoms with Gasteiger partial charge in [0.25, 0.3) is 10.0 Å². The van der Waals surface area contributed by atoms with Crippen molar-refractivity contribution in [1.82, 2.24) is 4.72 Å². The van der Waals surface area contributed by atoms with E-state index in [0.717, 1.165) is 6.42 Å². The lowest BCUT2D eigenvalue weighted by Gasteiger charge is -2.09. The summed E-state index contributed by atoms with van der Waals surface area (Å²) in [5, 5.41) is 2.66. The maximum absolute atomic E-state index is 12.5. The molecule has 1 heterocycles. The van der Waals surface area contributed by atoms with Gasteiger partial charge in [-0.05, 0) is 42.8 Å². The molecule has 30 heavy (non-hydrogen) atoms. The van der Waals surface area contributed by atoms with Gasteiger partial charge < -0.3 is 14.8 Å². The summed E-state index contributed by atoms with van der Waals surface area (Å²) < 4.78 is 38.0. The summed E-state index contributed by atoms with van der Waals surface area (Å²) in [4.78, 5) is 16.5. The van der Waals surface area contributed by atoms with E-state index in [1.54, 1.807) is 43.5 Å². The van der Waals surface area contributed by atoms with Crippen molar-refractivity contribution in [3.05, 3.63) is 54.1 Å². The fourth-order valence-electron chi connectivity index (χ4n) is 2.88. The monoisotopic (exact) mass is 429 g/mol. The highest BCUT2D eigenvalue weighted by Gasteiger charge is 2.18. The van der Waals surface area contributed by atoms with Gasteiger partial charge in [-0.15, -0.1) is 0 Å². The molecule has 2 N–H and O–H groups in total. The quantitative estimate of drug-likeness (QED) is 0.659. The van der Waals surface area contributed by atoms with Crippen LogP contribution in [0.25, 0.3) is 6.08 Å². The number of nitrogens with zero attached hydrogens (tertiary/aromatic N) is 1. The second-order valence-corrected chi connectivity index (χ2v) is 8.18. The van der Waals surface area contributed by atoms with Gasteiger partial charge >= 0.3 is 0 Å². The molecule has 0 spiro atoms. The third-order valence-corrected chi connectivity index (χ3v) is 5.77. The van der Waals surface area contributed by atoms with Crippen LogP contribution in [-0.4, -0.2) is 40.9 Å². The Balaban J connectivity index is 1.70. The van der Waals surface area contributed by atoms with Gasteiger partial charge in [-0.1, -0.05) is 6.07 Å². The van der Waals surface area contributed by atoms with Gasteiger partial charge in [-0.25, -0.2) is 8.42 Å². The van der Waals surface area contributed by atoms with E-state index < -0.39 is 15.9 Å². The molecule has 2 aromatic rings. The maximum atomic E-state index is 12.5. The van der Waals surface area contributed by atoms with Crippen LogP contribution >= 0.6 is 0 Å². The minimum atomic E-state index is -3.75. The number of sulfonamides is 1. The van der Waals surface area contributed by atoms with Crippen LogP contribution in [0.2, 0.25) is 0 Å². The minimum absolute atomic E-state index is 0.0516. The van der Waals surface area contributed by atoms with Gasteiger partial charge in [0.1, 0.15) is 17.3 Å². The third-order valence-electron chi connectivity index (χ3n) is 4.39. The summed E-state index contributed by atoms with van der Waals surface area (Å²) in [6.07, 6.45) is 4.39. The molecule has 0 fully saturated rings. The Hall–Kier alpha value is -3.33. The smallest absolute Gasteiger partial charge is 0.262 e. The van der Waals surface area contributed by atoms with Crippen molar-refractivity contribution in [2.45, 2.75) is 17.7 Å². The summed E-state index contributed by atoms with van der Waals surface area (Å²) in [7, 11) is -0.662. The van der Waals surface area contributed by atoms with Crippen LogP contribution < -0.4 is 19.5 Å². The number of hydrogen-bond acceptors (Lipinski definition) is 6. The van der Waals surface area contributed by atoms with Gasteiger partial charge in [0.2, 0.25) is 5.91 Å². The molecule has 0 aliphatic carbocycles. The van der Waals surface area contributed by atoms with Crippen molar-refractivity contribution >= 4 is 33.5 Å². The molecule has 0 saturated carbocycles. The van der Waals surface area contributed by atoms with E-state index in [2.05, 4.69) is 15.0 Å². The number of amidine groups is 1. The standard InChI is InChI=1S/C21H23N3O5S/c1-28-17-10-8-15(19(14-17)29-2)9-11-21(25)23-16-5-3-6-18(13-16)30(26,27)24-20-7-4-12-22-20/h3,5-6,8-11,13-14H,4,7,12H2,1-2H3,(H,22,24)(H,23,25)/b11-9+. The topological polar surface area (TPSA) is 106 Å². The van der Waals surface area contributed by atoms with Crippen LogP contribution in [0.1, 0.15) is 18.4 Å². The number of hydrogen-bond donors (Lipinski definition) is 2. The van der Waals surface area contributed by atoms with Gasteiger partial charge in [0.15, 0.2) is 0 Å². The predicted molar refractivity (Wildman–Crippen MR) is 116 cm³/mol. The highest BCUT2D eigenvalue weighted by atomic mass is 32.2. The molecule has 9 heteroatoms. The average Bonchev–Trinajstić information content (AvgIpc) is 3.24. The van der Waals surface area contributed by atoms with Crippen LogP contribution in [0.3, 0.4) is 0 Å². The molecule has 0 aromatic heterocycles. The number of carbonyl (C=O) groups excluding carboxylic acids is 1. The molecule has 158 valence electrons. The van der Waals surface area contributed by atoms with Crippen molar-refractivity contribution < 1.29 is 22.7 Å². The number of carbonyl (C=O) groups is 1. The Morgan fingerprint density at radius 1 is 1.13 bits per heavy atom. The Kier molecular flexibility index (Phi) is 6.73. The molecule has 1 aliphatic rings. The van der Waals surface area contributed by atoms with Crippen LogP contribution in [0.4, 0.5) is 5.69 Å². The molecular weight excluding hydrogens is 406 g/mol. The van der Waals surface area contributed by atoms with Gasteiger partial charge in [-0.2, -0.15) is 0 Å². The fourth-order valence-corrected chi connectivity index (χ4v) is 4.02. The average molecular weight is 429 g/mol. The van der Waals surface area contributed by atoms with E-state index in [9.17, 15) is 13.2 Å². The van der Waals surface area contributed by atoms with Crippen LogP contribution in [-0.2, 0) is 14.8 Å².